The van der Waals surface area contributed by atoms with Crippen LogP contribution in [0.2, 0.25) is 0 Å². The molecule has 2 fully saturated rings. The van der Waals surface area contributed by atoms with Crippen LogP contribution in [0.1, 0.15) is 18.7 Å². The summed E-state index contributed by atoms with van der Waals surface area (Å²) in [6.45, 7) is 1.84. The number of rotatable bonds is 1. The van der Waals surface area contributed by atoms with Crippen molar-refractivity contribution < 1.29 is 0 Å². The summed E-state index contributed by atoms with van der Waals surface area (Å²) < 4.78 is 0. The number of hydrogen-bond acceptors (Lipinski definition) is 6. The van der Waals surface area contributed by atoms with Crippen molar-refractivity contribution in [2.75, 3.05) is 18.0 Å². The topological polar surface area (TPSA) is 77.7 Å². The fraction of sp³-hybridized carbons (Fsp3) is 0.600. The second-order valence-corrected chi connectivity index (χ2v) is 4.26. The minimum Gasteiger partial charge on any atom is -0.338 e. The largest absolute Gasteiger partial charge is 0.338 e. The molecule has 1 N–H and O–H groups in total. The second kappa shape index (κ2) is 3.68. The van der Waals surface area contributed by atoms with Crippen molar-refractivity contribution in [1.29, 1.82) is 5.26 Å². The molecule has 1 aromatic heterocycles. The third-order valence-electron chi connectivity index (χ3n) is 3.16. The van der Waals surface area contributed by atoms with Gasteiger partial charge in [0.2, 0.25) is 11.8 Å². The highest BCUT2D eigenvalue weighted by atomic mass is 15.3. The first-order valence-corrected chi connectivity index (χ1v) is 5.45. The molecule has 2 aliphatic rings. The van der Waals surface area contributed by atoms with E-state index >= 15 is 0 Å². The van der Waals surface area contributed by atoms with Crippen molar-refractivity contribution in [1.82, 2.24) is 20.3 Å². The van der Waals surface area contributed by atoms with Gasteiger partial charge in [-0.1, -0.05) is 0 Å². The molecule has 0 radical (unpaired) electrons. The van der Waals surface area contributed by atoms with E-state index in [1.807, 2.05) is 6.07 Å². The number of hydrogen-bond donors (Lipinski definition) is 1. The van der Waals surface area contributed by atoms with Crippen molar-refractivity contribution in [3.63, 3.8) is 0 Å². The number of nitrogens with zero attached hydrogens (tertiary/aromatic N) is 5. The van der Waals surface area contributed by atoms with Crippen LogP contribution in [0, 0.1) is 11.3 Å². The molecule has 0 saturated carbocycles. The maximum absolute atomic E-state index is 8.74. The summed E-state index contributed by atoms with van der Waals surface area (Å²) in [7, 11) is 0. The predicted molar refractivity (Wildman–Crippen MR) is 56.7 cm³/mol. The second-order valence-electron chi connectivity index (χ2n) is 4.26. The van der Waals surface area contributed by atoms with Crippen LogP contribution in [0.15, 0.2) is 6.33 Å². The van der Waals surface area contributed by atoms with Gasteiger partial charge in [0.25, 0.3) is 0 Å². The molecular weight excluding hydrogens is 204 g/mol. The lowest BCUT2D eigenvalue weighted by molar-refractivity contribution is 0.460. The molecule has 82 valence electrons. The van der Waals surface area contributed by atoms with Gasteiger partial charge in [-0.15, -0.1) is 0 Å². The summed E-state index contributed by atoms with van der Waals surface area (Å²) in [4.78, 5) is 14.2. The number of piperazine rings is 1. The first-order chi connectivity index (χ1) is 7.85. The number of nitrogens with one attached hydrogen (secondary N) is 1. The third kappa shape index (κ3) is 1.59. The van der Waals surface area contributed by atoms with E-state index in [2.05, 4.69) is 25.2 Å². The molecule has 6 nitrogen and oxygen atoms in total. The van der Waals surface area contributed by atoms with Gasteiger partial charge in [-0.2, -0.15) is 10.2 Å². The lowest BCUT2D eigenvalue weighted by Gasteiger charge is -2.32. The average molecular weight is 216 g/mol. The standard InChI is InChI=1S/C10H12N6/c11-3-9-12-6-13-10(15-9)16-4-7-1-2-8(5-16)14-7/h6-8,14H,1-2,4-5H2. The Morgan fingerprint density at radius 1 is 1.31 bits per heavy atom. The van der Waals surface area contributed by atoms with Crippen LogP contribution >= 0.6 is 0 Å². The summed E-state index contributed by atoms with van der Waals surface area (Å²) >= 11 is 0. The van der Waals surface area contributed by atoms with Crippen molar-refractivity contribution in [2.45, 2.75) is 24.9 Å². The van der Waals surface area contributed by atoms with Gasteiger partial charge in [0.1, 0.15) is 12.4 Å². The van der Waals surface area contributed by atoms with Gasteiger partial charge in [-0.05, 0) is 12.8 Å². The average Bonchev–Trinajstić information content (AvgIpc) is 2.68. The number of anilines is 1. The Kier molecular flexibility index (Phi) is 2.18. The van der Waals surface area contributed by atoms with Crippen LogP contribution in [-0.2, 0) is 0 Å². The molecule has 3 heterocycles. The minimum atomic E-state index is 0.191. The molecule has 6 heteroatoms. The number of nitriles is 1. The molecule has 0 amide bonds. The molecule has 2 aliphatic heterocycles. The monoisotopic (exact) mass is 216 g/mol. The Bertz CT molecular complexity index is 427. The van der Waals surface area contributed by atoms with Gasteiger partial charge >= 0.3 is 0 Å². The lowest BCUT2D eigenvalue weighted by atomic mass is 10.2. The van der Waals surface area contributed by atoms with E-state index in [-0.39, 0.29) is 5.82 Å². The molecule has 0 spiro atoms. The third-order valence-corrected chi connectivity index (χ3v) is 3.16. The maximum atomic E-state index is 8.74. The van der Waals surface area contributed by atoms with Gasteiger partial charge in [0, 0.05) is 25.2 Å². The zero-order chi connectivity index (χ0) is 11.0. The van der Waals surface area contributed by atoms with Crippen molar-refractivity contribution in [3.05, 3.63) is 12.2 Å². The van der Waals surface area contributed by atoms with E-state index in [1.54, 1.807) is 0 Å². The zero-order valence-corrected chi connectivity index (χ0v) is 8.80. The van der Waals surface area contributed by atoms with Crippen LogP contribution in [-0.4, -0.2) is 40.1 Å². The smallest absolute Gasteiger partial charge is 0.236 e. The van der Waals surface area contributed by atoms with Crippen molar-refractivity contribution in [3.8, 4) is 6.07 Å². The highest BCUT2D eigenvalue weighted by molar-refractivity contribution is 5.33. The van der Waals surface area contributed by atoms with Crippen LogP contribution < -0.4 is 10.2 Å². The normalized spacial score (nSPS) is 27.8. The van der Waals surface area contributed by atoms with Crippen LogP contribution in [0.4, 0.5) is 5.95 Å². The zero-order valence-electron chi connectivity index (χ0n) is 8.80. The summed E-state index contributed by atoms with van der Waals surface area (Å²) in [6, 6.07) is 3.03. The summed E-state index contributed by atoms with van der Waals surface area (Å²) in [5, 5.41) is 12.3. The van der Waals surface area contributed by atoms with Gasteiger partial charge in [0.15, 0.2) is 0 Å². The Hall–Kier alpha value is -1.74. The fourth-order valence-corrected chi connectivity index (χ4v) is 2.45. The number of aromatic nitrogens is 3. The molecule has 3 rings (SSSR count). The van der Waals surface area contributed by atoms with Gasteiger partial charge < -0.3 is 10.2 Å². The number of fused-ring (bicyclic) bond motifs is 2. The molecule has 2 atom stereocenters. The quantitative estimate of drug-likeness (QED) is 0.693. The predicted octanol–water partition coefficient (Wildman–Crippen LogP) is -0.316. The summed E-state index contributed by atoms with van der Waals surface area (Å²) in [5.41, 5.74) is 0. The minimum absolute atomic E-state index is 0.191. The lowest BCUT2D eigenvalue weighted by Crippen LogP contribution is -2.51. The first kappa shape index (κ1) is 9.48. The van der Waals surface area contributed by atoms with Gasteiger partial charge in [0.05, 0.1) is 0 Å². The Morgan fingerprint density at radius 2 is 2.06 bits per heavy atom. The van der Waals surface area contributed by atoms with E-state index in [4.69, 9.17) is 5.26 Å². The molecule has 2 saturated heterocycles. The molecular formula is C10H12N6. The van der Waals surface area contributed by atoms with Gasteiger partial charge in [-0.25, -0.2) is 9.97 Å². The van der Waals surface area contributed by atoms with Crippen LogP contribution in [0.3, 0.4) is 0 Å². The van der Waals surface area contributed by atoms with Crippen molar-refractivity contribution in [2.24, 2.45) is 0 Å². The van der Waals surface area contributed by atoms with E-state index in [0.29, 0.717) is 18.0 Å². The molecule has 2 bridgehead atoms. The SMILES string of the molecule is N#Cc1ncnc(N2CC3CCC(C2)N3)n1. The van der Waals surface area contributed by atoms with E-state index in [9.17, 15) is 0 Å². The maximum Gasteiger partial charge on any atom is 0.236 e. The molecule has 0 aromatic carbocycles. The molecule has 1 aromatic rings. The van der Waals surface area contributed by atoms with Gasteiger partial charge in [-0.3, -0.25) is 0 Å². The first-order valence-electron chi connectivity index (χ1n) is 5.45. The Labute approximate surface area is 93.3 Å². The molecule has 2 unspecified atom stereocenters. The van der Waals surface area contributed by atoms with Crippen LogP contribution in [0.25, 0.3) is 0 Å². The van der Waals surface area contributed by atoms with Crippen LogP contribution in [0.5, 0.6) is 0 Å². The summed E-state index contributed by atoms with van der Waals surface area (Å²) in [5.74, 6) is 0.820. The summed E-state index contributed by atoms with van der Waals surface area (Å²) in [6.07, 6.45) is 3.85. The molecule has 16 heavy (non-hydrogen) atoms. The highest BCUT2D eigenvalue weighted by Crippen LogP contribution is 2.22. The Morgan fingerprint density at radius 3 is 2.75 bits per heavy atom. The van der Waals surface area contributed by atoms with E-state index in [0.717, 1.165) is 13.1 Å². The van der Waals surface area contributed by atoms with E-state index < -0.39 is 0 Å². The van der Waals surface area contributed by atoms with Crippen molar-refractivity contribution >= 4 is 5.95 Å². The fourth-order valence-electron chi connectivity index (χ4n) is 2.45. The molecule has 0 aliphatic carbocycles. The van der Waals surface area contributed by atoms with E-state index in [1.165, 1.54) is 19.2 Å². The Balaban J connectivity index is 1.84. The highest BCUT2D eigenvalue weighted by Gasteiger charge is 2.33.